The van der Waals surface area contributed by atoms with Gasteiger partial charge >= 0.3 is 0 Å². The van der Waals surface area contributed by atoms with E-state index in [0.717, 1.165) is 36.6 Å². The number of sulfone groups is 1. The van der Waals surface area contributed by atoms with Crippen molar-refractivity contribution in [3.05, 3.63) is 77.4 Å². The molecule has 2 aliphatic rings. The highest BCUT2D eigenvalue weighted by Gasteiger charge is 2.25. The van der Waals surface area contributed by atoms with Gasteiger partial charge in [-0.05, 0) is 90.7 Å². The van der Waals surface area contributed by atoms with Gasteiger partial charge in [-0.2, -0.15) is 0 Å². The Kier molecular flexibility index (Phi) is 7.96. The van der Waals surface area contributed by atoms with E-state index in [4.69, 9.17) is 0 Å². The molecule has 3 aromatic carbocycles. The third-order valence-electron chi connectivity index (χ3n) is 7.83. The number of rotatable bonds is 8. The quantitative estimate of drug-likeness (QED) is 0.408. The number of hydrogen-bond acceptors (Lipinski definition) is 4. The first-order valence-electron chi connectivity index (χ1n) is 13.7. The minimum atomic E-state index is -3.48. The Hall–Kier alpha value is -2.70. The van der Waals surface area contributed by atoms with E-state index in [1.54, 1.807) is 12.1 Å². The third-order valence-corrected chi connectivity index (χ3v) is 9.81. The number of aryl methyl sites for hydroxylation is 1. The Morgan fingerprint density at radius 3 is 2.57 bits per heavy atom. The Morgan fingerprint density at radius 2 is 1.76 bits per heavy atom. The number of piperidine rings is 1. The van der Waals surface area contributed by atoms with E-state index in [9.17, 15) is 13.2 Å². The van der Waals surface area contributed by atoms with Crippen LogP contribution in [0, 0.1) is 5.92 Å². The lowest BCUT2D eigenvalue weighted by Crippen LogP contribution is -2.33. The van der Waals surface area contributed by atoms with Crippen molar-refractivity contribution in [2.75, 3.05) is 18.8 Å². The van der Waals surface area contributed by atoms with Crippen LogP contribution in [-0.2, 0) is 27.6 Å². The Labute approximate surface area is 221 Å². The number of carbonyl (C=O) groups excluding carboxylic acids is 1. The molecule has 37 heavy (non-hydrogen) atoms. The van der Waals surface area contributed by atoms with Crippen LogP contribution >= 0.6 is 0 Å². The first kappa shape index (κ1) is 25.9. The van der Waals surface area contributed by atoms with Gasteiger partial charge in [-0.3, -0.25) is 9.69 Å². The third kappa shape index (κ3) is 6.42. The summed E-state index contributed by atoms with van der Waals surface area (Å²) in [6.45, 7) is 5.22. The summed E-state index contributed by atoms with van der Waals surface area (Å²) >= 11 is 0. The van der Waals surface area contributed by atoms with E-state index in [2.05, 4.69) is 28.4 Å². The standard InChI is InChI=1S/C31H38N2O3S/c1-23(22-37(35,36)28-14-13-25-8-3-4-9-26(25)20-28)18-31(34)32-30-11-7-10-27-19-24(12-15-29(27)30)21-33-16-5-2-6-17-33/h3-4,8-9,12-15,19-20,23,30H,2,5-7,10-11,16-18,21-22H2,1H3,(H,32,34)/t23-,30+/m0/s1. The van der Waals surface area contributed by atoms with Crippen LogP contribution < -0.4 is 5.32 Å². The monoisotopic (exact) mass is 518 g/mol. The van der Waals surface area contributed by atoms with Gasteiger partial charge < -0.3 is 5.32 Å². The van der Waals surface area contributed by atoms with Crippen molar-refractivity contribution in [2.24, 2.45) is 5.92 Å². The van der Waals surface area contributed by atoms with Gasteiger partial charge in [0.2, 0.25) is 5.91 Å². The van der Waals surface area contributed by atoms with Crippen LogP contribution in [0.5, 0.6) is 0 Å². The fraction of sp³-hybridized carbons (Fsp3) is 0.452. The topological polar surface area (TPSA) is 66.5 Å². The molecule has 1 heterocycles. The Balaban J connectivity index is 1.19. The fourth-order valence-electron chi connectivity index (χ4n) is 5.95. The molecule has 0 radical (unpaired) electrons. The van der Waals surface area contributed by atoms with Gasteiger partial charge in [-0.25, -0.2) is 8.42 Å². The largest absolute Gasteiger partial charge is 0.349 e. The molecule has 1 aliphatic heterocycles. The van der Waals surface area contributed by atoms with Gasteiger partial charge in [0.15, 0.2) is 9.84 Å². The second kappa shape index (κ2) is 11.4. The summed E-state index contributed by atoms with van der Waals surface area (Å²) in [5, 5.41) is 5.13. The number of benzene rings is 3. The summed E-state index contributed by atoms with van der Waals surface area (Å²) in [6.07, 6.45) is 7.16. The van der Waals surface area contributed by atoms with E-state index in [1.165, 1.54) is 49.0 Å². The summed E-state index contributed by atoms with van der Waals surface area (Å²) in [4.78, 5) is 15.8. The van der Waals surface area contributed by atoms with Gasteiger partial charge in [-0.15, -0.1) is 0 Å². The predicted molar refractivity (Wildman–Crippen MR) is 149 cm³/mol. The predicted octanol–water partition coefficient (Wildman–Crippen LogP) is 5.82. The van der Waals surface area contributed by atoms with E-state index < -0.39 is 9.84 Å². The molecule has 5 nitrogen and oxygen atoms in total. The van der Waals surface area contributed by atoms with E-state index in [0.29, 0.717) is 4.90 Å². The zero-order valence-electron chi connectivity index (χ0n) is 21.8. The van der Waals surface area contributed by atoms with Crippen LogP contribution in [-0.4, -0.2) is 38.1 Å². The molecule has 1 N–H and O–H groups in total. The van der Waals surface area contributed by atoms with Crippen molar-refractivity contribution in [3.8, 4) is 0 Å². The van der Waals surface area contributed by atoms with Gasteiger partial charge in [0, 0.05) is 13.0 Å². The van der Waals surface area contributed by atoms with Crippen molar-refractivity contribution in [1.29, 1.82) is 0 Å². The number of nitrogens with zero attached hydrogens (tertiary/aromatic N) is 1. The summed E-state index contributed by atoms with van der Waals surface area (Å²) < 4.78 is 26.1. The van der Waals surface area contributed by atoms with E-state index in [-0.39, 0.29) is 30.0 Å². The summed E-state index contributed by atoms with van der Waals surface area (Å²) in [5.41, 5.74) is 3.93. The Bertz CT molecular complexity index is 1360. The second-order valence-corrected chi connectivity index (χ2v) is 13.0. The van der Waals surface area contributed by atoms with Crippen LogP contribution in [0.15, 0.2) is 65.6 Å². The maximum absolute atomic E-state index is 13.1. The van der Waals surface area contributed by atoms with Crippen LogP contribution in [0.3, 0.4) is 0 Å². The molecule has 5 rings (SSSR count). The fourth-order valence-corrected chi connectivity index (χ4v) is 7.59. The first-order valence-corrected chi connectivity index (χ1v) is 15.4. The van der Waals surface area contributed by atoms with Gasteiger partial charge in [0.1, 0.15) is 0 Å². The molecule has 0 unspecified atom stereocenters. The molecular weight excluding hydrogens is 480 g/mol. The minimum Gasteiger partial charge on any atom is -0.349 e. The zero-order valence-corrected chi connectivity index (χ0v) is 22.6. The van der Waals surface area contributed by atoms with Crippen LogP contribution in [0.4, 0.5) is 0 Å². The highest BCUT2D eigenvalue weighted by Crippen LogP contribution is 2.31. The average molecular weight is 519 g/mol. The van der Waals surface area contributed by atoms with Crippen LogP contribution in [0.25, 0.3) is 10.8 Å². The molecule has 1 fully saturated rings. The smallest absolute Gasteiger partial charge is 0.220 e. The summed E-state index contributed by atoms with van der Waals surface area (Å²) in [7, 11) is -3.48. The molecule has 1 aliphatic carbocycles. The van der Waals surface area contributed by atoms with Gasteiger partial charge in [0.05, 0.1) is 16.7 Å². The molecular formula is C31H38N2O3S. The molecule has 0 bridgehead atoms. The lowest BCUT2D eigenvalue weighted by atomic mass is 9.86. The molecule has 0 aromatic heterocycles. The second-order valence-electron chi connectivity index (χ2n) is 11.0. The maximum atomic E-state index is 13.1. The summed E-state index contributed by atoms with van der Waals surface area (Å²) in [6, 6.07) is 19.7. The average Bonchev–Trinajstić information content (AvgIpc) is 2.88. The molecule has 1 saturated heterocycles. The van der Waals surface area contributed by atoms with Crippen molar-refractivity contribution in [2.45, 2.75) is 69.4 Å². The molecule has 1 amide bonds. The van der Waals surface area contributed by atoms with Gasteiger partial charge in [-0.1, -0.05) is 61.9 Å². The molecule has 0 spiro atoms. The first-order chi connectivity index (χ1) is 17.9. The minimum absolute atomic E-state index is 0.00424. The van der Waals surface area contributed by atoms with E-state index >= 15 is 0 Å². The van der Waals surface area contributed by atoms with Crippen LogP contribution in [0.1, 0.15) is 68.2 Å². The number of likely N-dealkylation sites (tertiary alicyclic amines) is 1. The van der Waals surface area contributed by atoms with Crippen molar-refractivity contribution >= 4 is 26.5 Å². The molecule has 0 saturated carbocycles. The number of carbonyl (C=O) groups is 1. The molecule has 196 valence electrons. The molecule has 3 aromatic rings. The van der Waals surface area contributed by atoms with Gasteiger partial charge in [0.25, 0.3) is 0 Å². The van der Waals surface area contributed by atoms with Crippen molar-refractivity contribution < 1.29 is 13.2 Å². The molecule has 6 heteroatoms. The number of amides is 1. The lowest BCUT2D eigenvalue weighted by Gasteiger charge is -2.29. The normalized spacial score (nSPS) is 19.3. The zero-order chi connectivity index (χ0) is 25.8. The highest BCUT2D eigenvalue weighted by molar-refractivity contribution is 7.91. The lowest BCUT2D eigenvalue weighted by molar-refractivity contribution is -0.122. The SMILES string of the molecule is C[C@@H](CC(=O)N[C@@H]1CCCc2cc(CN3CCCCC3)ccc21)CS(=O)(=O)c1ccc2ccccc2c1. The maximum Gasteiger partial charge on any atom is 0.220 e. The Morgan fingerprint density at radius 1 is 0.973 bits per heavy atom. The molecule has 2 atom stereocenters. The number of fused-ring (bicyclic) bond motifs is 2. The van der Waals surface area contributed by atoms with Crippen molar-refractivity contribution in [3.63, 3.8) is 0 Å². The van der Waals surface area contributed by atoms with E-state index in [1.807, 2.05) is 37.3 Å². The van der Waals surface area contributed by atoms with Crippen LogP contribution in [0.2, 0.25) is 0 Å². The van der Waals surface area contributed by atoms with Crippen molar-refractivity contribution in [1.82, 2.24) is 10.2 Å². The number of hydrogen-bond donors (Lipinski definition) is 1. The summed E-state index contributed by atoms with van der Waals surface area (Å²) in [5.74, 6) is -0.386. The number of nitrogens with one attached hydrogen (secondary N) is 1. The highest BCUT2D eigenvalue weighted by atomic mass is 32.2.